The number of hydrogen-bond donors (Lipinski definition) is 2. The molecule has 0 fully saturated rings. The van der Waals surface area contributed by atoms with Crippen molar-refractivity contribution in [3.63, 3.8) is 0 Å². The summed E-state index contributed by atoms with van der Waals surface area (Å²) in [5.41, 5.74) is 2.18. The van der Waals surface area contributed by atoms with Crippen molar-refractivity contribution in [2.45, 2.75) is 26.3 Å². The average Bonchev–Trinajstić information content (AvgIpc) is 2.94. The van der Waals surface area contributed by atoms with E-state index in [2.05, 4.69) is 22.1 Å². The highest BCUT2D eigenvalue weighted by atomic mass is 32.1. The molecule has 4 heteroatoms. The van der Waals surface area contributed by atoms with Gasteiger partial charge in [-0.1, -0.05) is 23.8 Å². The fraction of sp³-hybridized carbons (Fsp3) is 0.312. The van der Waals surface area contributed by atoms with Crippen LogP contribution in [0.3, 0.4) is 0 Å². The second kappa shape index (κ2) is 7.10. The maximum atomic E-state index is 12.0. The van der Waals surface area contributed by atoms with Crippen LogP contribution < -0.4 is 10.6 Å². The van der Waals surface area contributed by atoms with Crippen LogP contribution in [0.1, 0.15) is 17.4 Å². The van der Waals surface area contributed by atoms with Crippen molar-refractivity contribution in [3.05, 3.63) is 52.2 Å². The molecule has 1 unspecified atom stereocenters. The van der Waals surface area contributed by atoms with Crippen molar-refractivity contribution in [3.8, 4) is 0 Å². The number of amides is 1. The van der Waals surface area contributed by atoms with Crippen LogP contribution in [0.15, 0.2) is 41.8 Å². The number of benzene rings is 1. The number of aryl methyl sites for hydroxylation is 1. The van der Waals surface area contributed by atoms with Crippen molar-refractivity contribution in [2.24, 2.45) is 0 Å². The van der Waals surface area contributed by atoms with Crippen molar-refractivity contribution in [2.75, 3.05) is 11.9 Å². The van der Waals surface area contributed by atoms with Gasteiger partial charge in [-0.05, 0) is 43.8 Å². The molecule has 2 rings (SSSR count). The van der Waals surface area contributed by atoms with E-state index in [4.69, 9.17) is 0 Å². The van der Waals surface area contributed by atoms with Gasteiger partial charge < -0.3 is 10.6 Å². The van der Waals surface area contributed by atoms with E-state index in [9.17, 15) is 4.79 Å². The van der Waals surface area contributed by atoms with Gasteiger partial charge in [-0.15, -0.1) is 11.3 Å². The first-order valence-electron chi connectivity index (χ1n) is 6.78. The smallest absolute Gasteiger partial charge is 0.242 e. The van der Waals surface area contributed by atoms with Gasteiger partial charge in [0.2, 0.25) is 5.91 Å². The Morgan fingerprint density at radius 3 is 2.65 bits per heavy atom. The number of carbonyl (C=O) groups is 1. The van der Waals surface area contributed by atoms with Crippen LogP contribution in [0.2, 0.25) is 0 Å². The highest BCUT2D eigenvalue weighted by Crippen LogP contribution is 2.10. The third kappa shape index (κ3) is 4.38. The number of rotatable bonds is 6. The van der Waals surface area contributed by atoms with Crippen molar-refractivity contribution in [1.82, 2.24) is 5.32 Å². The summed E-state index contributed by atoms with van der Waals surface area (Å²) in [6, 6.07) is 11.9. The Labute approximate surface area is 124 Å². The number of carbonyl (C=O) groups excluding carboxylic acids is 1. The normalized spacial score (nSPS) is 11.9. The molecule has 106 valence electrons. The zero-order chi connectivity index (χ0) is 14.4. The second-order valence-corrected chi connectivity index (χ2v) is 5.88. The minimum atomic E-state index is -0.235. The largest absolute Gasteiger partial charge is 0.374 e. The molecule has 20 heavy (non-hydrogen) atoms. The molecule has 2 aromatic rings. The lowest BCUT2D eigenvalue weighted by Gasteiger charge is -2.15. The average molecular weight is 288 g/mol. The molecule has 0 bridgehead atoms. The molecular weight excluding hydrogens is 268 g/mol. The Morgan fingerprint density at radius 1 is 1.25 bits per heavy atom. The lowest BCUT2D eigenvalue weighted by Crippen LogP contribution is -2.38. The lowest BCUT2D eigenvalue weighted by atomic mass is 10.2. The van der Waals surface area contributed by atoms with Gasteiger partial charge in [-0.25, -0.2) is 0 Å². The molecule has 0 aliphatic carbocycles. The van der Waals surface area contributed by atoms with Crippen molar-refractivity contribution < 1.29 is 4.79 Å². The van der Waals surface area contributed by atoms with E-state index in [1.54, 1.807) is 11.3 Å². The predicted molar refractivity (Wildman–Crippen MR) is 85.3 cm³/mol. The maximum Gasteiger partial charge on any atom is 0.242 e. The monoisotopic (exact) mass is 288 g/mol. The molecular formula is C16H20N2OS. The fourth-order valence-corrected chi connectivity index (χ4v) is 2.59. The van der Waals surface area contributed by atoms with Gasteiger partial charge in [-0.3, -0.25) is 4.79 Å². The number of nitrogens with one attached hydrogen (secondary N) is 2. The summed E-state index contributed by atoms with van der Waals surface area (Å²) in [7, 11) is 0. The van der Waals surface area contributed by atoms with Gasteiger partial charge in [0, 0.05) is 17.1 Å². The van der Waals surface area contributed by atoms with Crippen LogP contribution in [0.4, 0.5) is 5.69 Å². The molecule has 0 radical (unpaired) electrons. The van der Waals surface area contributed by atoms with Crippen LogP contribution in [-0.4, -0.2) is 18.5 Å². The van der Waals surface area contributed by atoms with E-state index in [0.29, 0.717) is 6.54 Å². The van der Waals surface area contributed by atoms with E-state index in [1.807, 2.05) is 44.2 Å². The summed E-state index contributed by atoms with van der Waals surface area (Å²) in [6.07, 6.45) is 0.890. The van der Waals surface area contributed by atoms with Gasteiger partial charge >= 0.3 is 0 Å². The van der Waals surface area contributed by atoms with E-state index in [1.165, 1.54) is 10.4 Å². The zero-order valence-electron chi connectivity index (χ0n) is 11.8. The van der Waals surface area contributed by atoms with Gasteiger partial charge in [0.15, 0.2) is 0 Å². The van der Waals surface area contributed by atoms with Gasteiger partial charge in [0.05, 0.1) is 0 Å². The summed E-state index contributed by atoms with van der Waals surface area (Å²) in [5, 5.41) is 8.21. The lowest BCUT2D eigenvalue weighted by molar-refractivity contribution is -0.121. The summed E-state index contributed by atoms with van der Waals surface area (Å²) < 4.78 is 0. The third-order valence-electron chi connectivity index (χ3n) is 3.08. The quantitative estimate of drug-likeness (QED) is 0.857. The van der Waals surface area contributed by atoms with Crippen molar-refractivity contribution >= 4 is 22.9 Å². The fourth-order valence-electron chi connectivity index (χ4n) is 1.88. The summed E-state index contributed by atoms with van der Waals surface area (Å²) in [5.74, 6) is 0.0298. The minimum Gasteiger partial charge on any atom is -0.374 e. The number of hydrogen-bond acceptors (Lipinski definition) is 3. The second-order valence-electron chi connectivity index (χ2n) is 4.85. The standard InChI is InChI=1S/C16H20N2OS/c1-12-5-7-14(8-6-12)18-13(2)16(19)17-10-9-15-4-3-11-20-15/h3-8,11,13,18H,9-10H2,1-2H3,(H,17,19). The maximum absolute atomic E-state index is 12.0. The Bertz CT molecular complexity index is 534. The Hall–Kier alpha value is -1.81. The molecule has 0 aliphatic rings. The topological polar surface area (TPSA) is 41.1 Å². The predicted octanol–water partition coefficient (Wildman–Crippen LogP) is 3.22. The van der Waals surface area contributed by atoms with Crippen LogP contribution >= 0.6 is 11.3 Å². The SMILES string of the molecule is Cc1ccc(NC(C)C(=O)NCCc2cccs2)cc1. The van der Waals surface area contributed by atoms with E-state index in [0.717, 1.165) is 12.1 Å². The highest BCUT2D eigenvalue weighted by molar-refractivity contribution is 7.09. The first-order chi connectivity index (χ1) is 9.65. The molecule has 0 saturated carbocycles. The number of anilines is 1. The van der Waals surface area contributed by atoms with Crippen LogP contribution in [0, 0.1) is 6.92 Å². The Kier molecular flexibility index (Phi) is 5.18. The van der Waals surface area contributed by atoms with Crippen molar-refractivity contribution in [1.29, 1.82) is 0 Å². The molecule has 0 saturated heterocycles. The molecule has 2 N–H and O–H groups in total. The third-order valence-corrected chi connectivity index (χ3v) is 4.01. The zero-order valence-corrected chi connectivity index (χ0v) is 12.7. The Balaban J connectivity index is 1.75. The van der Waals surface area contributed by atoms with Crippen LogP contribution in [0.5, 0.6) is 0 Å². The molecule has 3 nitrogen and oxygen atoms in total. The molecule has 1 amide bonds. The summed E-state index contributed by atoms with van der Waals surface area (Å²) in [4.78, 5) is 13.3. The Morgan fingerprint density at radius 2 is 2.00 bits per heavy atom. The highest BCUT2D eigenvalue weighted by Gasteiger charge is 2.11. The first kappa shape index (κ1) is 14.6. The first-order valence-corrected chi connectivity index (χ1v) is 7.66. The molecule has 1 atom stereocenters. The molecule has 1 aromatic heterocycles. The van der Waals surface area contributed by atoms with Crippen LogP contribution in [-0.2, 0) is 11.2 Å². The van der Waals surface area contributed by atoms with E-state index in [-0.39, 0.29) is 11.9 Å². The van der Waals surface area contributed by atoms with Gasteiger partial charge in [0.25, 0.3) is 0 Å². The molecule has 0 aliphatic heterocycles. The molecule has 1 aromatic carbocycles. The van der Waals surface area contributed by atoms with Crippen LogP contribution in [0.25, 0.3) is 0 Å². The molecule has 0 spiro atoms. The van der Waals surface area contributed by atoms with E-state index < -0.39 is 0 Å². The van der Waals surface area contributed by atoms with Gasteiger partial charge in [-0.2, -0.15) is 0 Å². The summed E-state index contributed by atoms with van der Waals surface area (Å²) >= 11 is 1.72. The van der Waals surface area contributed by atoms with E-state index >= 15 is 0 Å². The molecule has 1 heterocycles. The minimum absolute atomic E-state index is 0.0298. The summed E-state index contributed by atoms with van der Waals surface area (Å²) in [6.45, 7) is 4.60. The van der Waals surface area contributed by atoms with Gasteiger partial charge in [0.1, 0.15) is 6.04 Å². The number of thiophene rings is 1.